The lowest BCUT2D eigenvalue weighted by atomic mass is 9.83. The third-order valence-corrected chi connectivity index (χ3v) is 3.91. The van der Waals surface area contributed by atoms with Gasteiger partial charge in [-0.05, 0) is 19.3 Å². The lowest BCUT2D eigenvalue weighted by Crippen LogP contribution is -2.51. The van der Waals surface area contributed by atoms with Crippen LogP contribution in [0.15, 0.2) is 0 Å². The van der Waals surface area contributed by atoms with E-state index in [9.17, 15) is 4.79 Å². The molecule has 2 rings (SSSR count). The Labute approximate surface area is 102 Å². The lowest BCUT2D eigenvalue weighted by molar-refractivity contribution is -0.154. The molecule has 1 atom stereocenters. The maximum Gasteiger partial charge on any atom is 0.317 e. The first kappa shape index (κ1) is 12.8. The van der Waals surface area contributed by atoms with Gasteiger partial charge >= 0.3 is 5.97 Å². The summed E-state index contributed by atoms with van der Waals surface area (Å²) in [5.74, 6) is -0.750. The summed E-state index contributed by atoms with van der Waals surface area (Å²) in [6, 6.07) is 0. The molecule has 0 aromatic rings. The molecule has 2 saturated heterocycles. The highest BCUT2D eigenvalue weighted by Crippen LogP contribution is 2.35. The molecule has 2 aliphatic rings. The Morgan fingerprint density at radius 1 is 1.53 bits per heavy atom. The van der Waals surface area contributed by atoms with Gasteiger partial charge in [0, 0.05) is 33.2 Å². The van der Waals surface area contributed by atoms with Gasteiger partial charge < -0.3 is 14.6 Å². The van der Waals surface area contributed by atoms with Crippen LogP contribution in [0.4, 0.5) is 0 Å². The van der Waals surface area contributed by atoms with Gasteiger partial charge in [-0.3, -0.25) is 9.69 Å². The van der Waals surface area contributed by atoms with Gasteiger partial charge in [0.25, 0.3) is 0 Å². The highest BCUT2D eigenvalue weighted by molar-refractivity contribution is 5.69. The molecule has 0 radical (unpaired) electrons. The molecule has 0 saturated carbocycles. The van der Waals surface area contributed by atoms with Crippen LogP contribution in [0.1, 0.15) is 25.7 Å². The van der Waals surface area contributed by atoms with Crippen LogP contribution in [-0.2, 0) is 14.3 Å². The number of carbonyl (C=O) groups is 1. The largest absolute Gasteiger partial charge is 0.480 e. The summed E-state index contributed by atoms with van der Waals surface area (Å²) in [6.45, 7) is 2.52. The highest BCUT2D eigenvalue weighted by atomic mass is 16.5. The Morgan fingerprint density at radius 2 is 2.24 bits per heavy atom. The average Bonchev–Trinajstić information content (AvgIpc) is 2.32. The fourth-order valence-corrected chi connectivity index (χ4v) is 2.84. The third-order valence-electron chi connectivity index (χ3n) is 3.91. The van der Waals surface area contributed by atoms with E-state index in [1.807, 2.05) is 4.90 Å². The molecule has 0 aliphatic carbocycles. The van der Waals surface area contributed by atoms with Crippen LogP contribution in [0.5, 0.6) is 0 Å². The van der Waals surface area contributed by atoms with E-state index in [2.05, 4.69) is 0 Å². The Hall–Kier alpha value is -0.650. The summed E-state index contributed by atoms with van der Waals surface area (Å²) in [5, 5.41) is 8.75. The molecule has 2 fully saturated rings. The molecular weight excluding hydrogens is 222 g/mol. The molecule has 2 aliphatic heterocycles. The first-order valence-corrected chi connectivity index (χ1v) is 6.24. The van der Waals surface area contributed by atoms with Crippen molar-refractivity contribution in [2.45, 2.75) is 37.4 Å². The monoisotopic (exact) mass is 243 g/mol. The molecule has 17 heavy (non-hydrogen) atoms. The van der Waals surface area contributed by atoms with Crippen molar-refractivity contribution in [3.63, 3.8) is 0 Å². The second kappa shape index (κ2) is 5.33. The zero-order chi connectivity index (χ0) is 12.3. The van der Waals surface area contributed by atoms with E-state index in [1.54, 1.807) is 7.11 Å². The van der Waals surface area contributed by atoms with Gasteiger partial charge in [-0.15, -0.1) is 0 Å². The normalized spacial score (nSPS) is 29.4. The lowest BCUT2D eigenvalue weighted by Gasteiger charge is -2.45. The second-order valence-electron chi connectivity index (χ2n) is 5.05. The number of likely N-dealkylation sites (tertiary alicyclic amines) is 1. The van der Waals surface area contributed by atoms with Crippen molar-refractivity contribution < 1.29 is 19.4 Å². The molecule has 1 spiro atoms. The Morgan fingerprint density at radius 3 is 2.82 bits per heavy atom. The van der Waals surface area contributed by atoms with Crippen molar-refractivity contribution in [2.75, 3.05) is 33.4 Å². The fourth-order valence-electron chi connectivity index (χ4n) is 2.84. The van der Waals surface area contributed by atoms with Crippen molar-refractivity contribution in [2.24, 2.45) is 0 Å². The van der Waals surface area contributed by atoms with E-state index in [0.717, 1.165) is 45.4 Å². The summed E-state index contributed by atoms with van der Waals surface area (Å²) < 4.78 is 11.4. The molecule has 0 bridgehead atoms. The van der Waals surface area contributed by atoms with Crippen LogP contribution in [0, 0.1) is 0 Å². The molecule has 5 nitrogen and oxygen atoms in total. The van der Waals surface area contributed by atoms with Crippen LogP contribution < -0.4 is 0 Å². The minimum Gasteiger partial charge on any atom is -0.480 e. The van der Waals surface area contributed by atoms with Crippen molar-refractivity contribution in [3.8, 4) is 0 Å². The topological polar surface area (TPSA) is 59.0 Å². The van der Waals surface area contributed by atoms with E-state index in [1.165, 1.54) is 0 Å². The van der Waals surface area contributed by atoms with E-state index < -0.39 is 5.97 Å². The van der Waals surface area contributed by atoms with Crippen LogP contribution >= 0.6 is 0 Å². The molecule has 5 heteroatoms. The second-order valence-corrected chi connectivity index (χ2v) is 5.05. The molecule has 1 N–H and O–H groups in total. The van der Waals surface area contributed by atoms with E-state index >= 15 is 0 Å². The minimum atomic E-state index is -0.750. The van der Waals surface area contributed by atoms with Crippen LogP contribution in [0.3, 0.4) is 0 Å². The average molecular weight is 243 g/mol. The number of hydrogen-bond acceptors (Lipinski definition) is 4. The van der Waals surface area contributed by atoms with Crippen molar-refractivity contribution in [1.29, 1.82) is 0 Å². The maximum absolute atomic E-state index is 10.6. The number of methoxy groups -OCH3 is 1. The zero-order valence-corrected chi connectivity index (χ0v) is 10.4. The minimum absolute atomic E-state index is 0.0616. The van der Waals surface area contributed by atoms with Crippen LogP contribution in [0.25, 0.3) is 0 Å². The summed E-state index contributed by atoms with van der Waals surface area (Å²) in [4.78, 5) is 12.6. The van der Waals surface area contributed by atoms with Gasteiger partial charge in [0.1, 0.15) is 0 Å². The summed E-state index contributed by atoms with van der Waals surface area (Å²) in [5.41, 5.74) is -0.0616. The van der Waals surface area contributed by atoms with Crippen molar-refractivity contribution in [3.05, 3.63) is 0 Å². The van der Waals surface area contributed by atoms with Crippen LogP contribution in [0.2, 0.25) is 0 Å². The fraction of sp³-hybridized carbons (Fsp3) is 0.917. The Balaban J connectivity index is 1.86. The number of rotatable bonds is 3. The van der Waals surface area contributed by atoms with E-state index in [4.69, 9.17) is 14.6 Å². The quantitative estimate of drug-likeness (QED) is 0.792. The summed E-state index contributed by atoms with van der Waals surface area (Å²) >= 11 is 0. The number of carboxylic acids is 1. The Kier molecular flexibility index (Phi) is 4.01. The molecule has 2 heterocycles. The smallest absolute Gasteiger partial charge is 0.317 e. The van der Waals surface area contributed by atoms with Crippen molar-refractivity contribution in [1.82, 2.24) is 4.90 Å². The first-order valence-electron chi connectivity index (χ1n) is 6.24. The molecule has 0 amide bonds. The number of hydrogen-bond donors (Lipinski definition) is 1. The van der Waals surface area contributed by atoms with Crippen LogP contribution in [-0.4, -0.2) is 61.0 Å². The first-order chi connectivity index (χ1) is 8.13. The van der Waals surface area contributed by atoms with E-state index in [-0.39, 0.29) is 12.1 Å². The van der Waals surface area contributed by atoms with Gasteiger partial charge in [0.2, 0.25) is 0 Å². The SMILES string of the molecule is CO[C@@H]1CCOC2(CCN(CC(=O)O)CC2)C1. The highest BCUT2D eigenvalue weighted by Gasteiger charge is 2.40. The van der Waals surface area contributed by atoms with Gasteiger partial charge in [0.15, 0.2) is 0 Å². The van der Waals surface area contributed by atoms with Gasteiger partial charge in [0.05, 0.1) is 18.2 Å². The number of ether oxygens (including phenoxy) is 2. The standard InChI is InChI=1S/C12H21NO4/c1-16-10-2-7-17-12(8-10)3-5-13(6-4-12)9-11(14)15/h10H,2-9H2,1H3,(H,14,15)/t10-/m1/s1. The summed E-state index contributed by atoms with van der Waals surface area (Å²) in [6.07, 6.45) is 4.05. The van der Waals surface area contributed by atoms with Gasteiger partial charge in [-0.1, -0.05) is 0 Å². The van der Waals surface area contributed by atoms with Gasteiger partial charge in [-0.25, -0.2) is 0 Å². The molecule has 0 unspecified atom stereocenters. The van der Waals surface area contributed by atoms with Crippen molar-refractivity contribution >= 4 is 5.97 Å². The number of piperidine rings is 1. The molecule has 98 valence electrons. The third kappa shape index (κ3) is 3.18. The zero-order valence-electron chi connectivity index (χ0n) is 10.4. The molecule has 0 aromatic carbocycles. The maximum atomic E-state index is 10.6. The predicted molar refractivity (Wildman–Crippen MR) is 62.0 cm³/mol. The van der Waals surface area contributed by atoms with Gasteiger partial charge in [-0.2, -0.15) is 0 Å². The molecule has 0 aromatic heterocycles. The Bertz CT molecular complexity index is 274. The number of nitrogens with zero attached hydrogens (tertiary/aromatic N) is 1. The van der Waals surface area contributed by atoms with E-state index in [0.29, 0.717) is 6.10 Å². The number of carboxylic acid groups (broad SMARTS) is 1. The predicted octanol–water partition coefficient (Wildman–Crippen LogP) is 0.731. The summed E-state index contributed by atoms with van der Waals surface area (Å²) in [7, 11) is 1.75. The molecular formula is C12H21NO4. The number of aliphatic carboxylic acids is 1.